The van der Waals surface area contributed by atoms with Crippen LogP contribution < -0.4 is 14.8 Å². The number of hydrogen-bond donors (Lipinski definition) is 1. The van der Waals surface area contributed by atoms with Crippen molar-refractivity contribution in [1.29, 1.82) is 0 Å². The summed E-state index contributed by atoms with van der Waals surface area (Å²) >= 11 is 0. The van der Waals surface area contributed by atoms with Crippen LogP contribution >= 0.6 is 0 Å². The van der Waals surface area contributed by atoms with E-state index in [1.54, 1.807) is 18.2 Å². The summed E-state index contributed by atoms with van der Waals surface area (Å²) in [5.74, 6) is -0.651. The molecule has 0 atom stereocenters. The minimum atomic E-state index is -0.808. The fourth-order valence-corrected chi connectivity index (χ4v) is 2.29. The number of fused-ring (bicyclic) bond motifs is 1. The van der Waals surface area contributed by atoms with Crippen molar-refractivity contribution in [1.82, 2.24) is 0 Å². The van der Waals surface area contributed by atoms with Crippen molar-refractivity contribution in [3.05, 3.63) is 53.6 Å². The first-order valence-corrected chi connectivity index (χ1v) is 7.25. The summed E-state index contributed by atoms with van der Waals surface area (Å²) in [5, 5.41) is 2.43. The van der Waals surface area contributed by atoms with Gasteiger partial charge in [0.2, 0.25) is 5.91 Å². The molecule has 1 heterocycles. The van der Waals surface area contributed by atoms with Gasteiger partial charge in [-0.1, -0.05) is 6.07 Å². The molecule has 0 radical (unpaired) electrons. The van der Waals surface area contributed by atoms with Crippen molar-refractivity contribution < 1.29 is 23.0 Å². The Morgan fingerprint density at radius 2 is 1.83 bits per heavy atom. The molecule has 1 amide bonds. The van der Waals surface area contributed by atoms with Crippen LogP contribution in [0.5, 0.6) is 11.5 Å². The number of ether oxygens (including phenoxy) is 2. The van der Waals surface area contributed by atoms with Crippen LogP contribution in [0.4, 0.5) is 14.5 Å². The highest BCUT2D eigenvalue weighted by Crippen LogP contribution is 2.30. The average molecular weight is 319 g/mol. The van der Waals surface area contributed by atoms with Gasteiger partial charge >= 0.3 is 0 Å². The normalized spacial score (nSPS) is 13.3. The van der Waals surface area contributed by atoms with E-state index in [9.17, 15) is 13.6 Å². The summed E-state index contributed by atoms with van der Waals surface area (Å²) in [6.07, 6.45) is 0.849. The Morgan fingerprint density at radius 3 is 2.61 bits per heavy atom. The number of benzene rings is 2. The van der Waals surface area contributed by atoms with E-state index in [1.165, 1.54) is 6.07 Å². The van der Waals surface area contributed by atoms with Crippen molar-refractivity contribution in [2.45, 2.75) is 12.8 Å². The van der Waals surface area contributed by atoms with Crippen molar-refractivity contribution in [3.8, 4) is 11.5 Å². The lowest BCUT2D eigenvalue weighted by molar-refractivity contribution is -0.115. The van der Waals surface area contributed by atoms with E-state index in [4.69, 9.17) is 9.47 Å². The second kappa shape index (κ2) is 6.64. The van der Waals surface area contributed by atoms with Crippen LogP contribution in [0.3, 0.4) is 0 Å². The van der Waals surface area contributed by atoms with Crippen LogP contribution in [-0.4, -0.2) is 19.1 Å². The third-order valence-electron chi connectivity index (χ3n) is 3.38. The lowest BCUT2D eigenvalue weighted by Gasteiger charge is -2.10. The lowest BCUT2D eigenvalue weighted by atomic mass is 10.1. The third kappa shape index (κ3) is 3.77. The van der Waals surface area contributed by atoms with E-state index in [2.05, 4.69) is 5.32 Å². The maximum Gasteiger partial charge on any atom is 0.228 e. The van der Waals surface area contributed by atoms with Gasteiger partial charge in [0, 0.05) is 12.5 Å². The topological polar surface area (TPSA) is 47.6 Å². The fraction of sp³-hybridized carbons (Fsp3) is 0.235. The SMILES string of the molecule is O=C(Cc1ccc2c(c1)OCCCO2)Nc1ccc(F)cc1F. The van der Waals surface area contributed by atoms with Crippen LogP contribution in [0, 0.1) is 11.6 Å². The minimum absolute atomic E-state index is 0.0491. The number of rotatable bonds is 3. The first kappa shape index (κ1) is 15.3. The highest BCUT2D eigenvalue weighted by Gasteiger charge is 2.13. The number of nitrogens with one attached hydrogen (secondary N) is 1. The molecule has 1 aliphatic heterocycles. The third-order valence-corrected chi connectivity index (χ3v) is 3.38. The largest absolute Gasteiger partial charge is 0.490 e. The summed E-state index contributed by atoms with van der Waals surface area (Å²) < 4.78 is 37.5. The quantitative estimate of drug-likeness (QED) is 0.944. The minimum Gasteiger partial charge on any atom is -0.490 e. The summed E-state index contributed by atoms with van der Waals surface area (Å²) in [6.45, 7) is 1.15. The second-order valence-electron chi connectivity index (χ2n) is 5.18. The summed E-state index contributed by atoms with van der Waals surface area (Å²) in [4.78, 5) is 12.0. The molecular weight excluding hydrogens is 304 g/mol. The molecule has 2 aromatic carbocycles. The lowest BCUT2D eigenvalue weighted by Crippen LogP contribution is -2.15. The molecule has 0 fully saturated rings. The van der Waals surface area contributed by atoms with Gasteiger partial charge in [-0.25, -0.2) is 8.78 Å². The van der Waals surface area contributed by atoms with E-state index < -0.39 is 17.5 Å². The molecule has 2 aromatic rings. The summed E-state index contributed by atoms with van der Waals surface area (Å²) in [6, 6.07) is 8.25. The van der Waals surface area contributed by atoms with Gasteiger partial charge in [-0.3, -0.25) is 4.79 Å². The number of hydrogen-bond acceptors (Lipinski definition) is 3. The molecule has 1 aliphatic rings. The predicted molar refractivity (Wildman–Crippen MR) is 80.7 cm³/mol. The van der Waals surface area contributed by atoms with Gasteiger partial charge in [0.15, 0.2) is 11.5 Å². The Balaban J connectivity index is 1.69. The highest BCUT2D eigenvalue weighted by atomic mass is 19.1. The van der Waals surface area contributed by atoms with E-state index in [-0.39, 0.29) is 12.1 Å². The van der Waals surface area contributed by atoms with Gasteiger partial charge in [0.25, 0.3) is 0 Å². The number of carbonyl (C=O) groups is 1. The molecule has 4 nitrogen and oxygen atoms in total. The standard InChI is InChI=1S/C17H15F2NO3/c18-12-3-4-14(13(19)10-12)20-17(21)9-11-2-5-15-16(8-11)23-7-1-6-22-15/h2-5,8,10H,1,6-7,9H2,(H,20,21). The molecule has 3 rings (SSSR count). The van der Waals surface area contributed by atoms with Gasteiger partial charge in [0.1, 0.15) is 11.6 Å². The Labute approximate surface area is 132 Å². The Bertz CT molecular complexity index is 734. The van der Waals surface area contributed by atoms with Crippen molar-refractivity contribution in [2.75, 3.05) is 18.5 Å². The van der Waals surface area contributed by atoms with E-state index >= 15 is 0 Å². The monoisotopic (exact) mass is 319 g/mol. The molecule has 0 unspecified atom stereocenters. The molecule has 0 bridgehead atoms. The van der Waals surface area contributed by atoms with E-state index in [0.29, 0.717) is 30.3 Å². The maximum atomic E-state index is 13.5. The number of halogens is 2. The van der Waals surface area contributed by atoms with Crippen LogP contribution in [0.2, 0.25) is 0 Å². The molecule has 0 aromatic heterocycles. The Morgan fingerprint density at radius 1 is 1.04 bits per heavy atom. The molecule has 0 aliphatic carbocycles. The zero-order valence-electron chi connectivity index (χ0n) is 12.3. The number of amides is 1. The first-order valence-electron chi connectivity index (χ1n) is 7.25. The second-order valence-corrected chi connectivity index (χ2v) is 5.18. The van der Waals surface area contributed by atoms with Crippen molar-refractivity contribution in [3.63, 3.8) is 0 Å². The number of carbonyl (C=O) groups excluding carboxylic acids is 1. The Kier molecular flexibility index (Phi) is 4.41. The molecular formula is C17H15F2NO3. The number of anilines is 1. The van der Waals surface area contributed by atoms with Crippen molar-refractivity contribution in [2.24, 2.45) is 0 Å². The average Bonchev–Trinajstić information content (AvgIpc) is 2.75. The molecule has 0 spiro atoms. The molecule has 0 saturated heterocycles. The summed E-state index contributed by atoms with van der Waals surface area (Å²) in [7, 11) is 0. The zero-order valence-corrected chi connectivity index (χ0v) is 12.3. The highest BCUT2D eigenvalue weighted by molar-refractivity contribution is 5.92. The summed E-state index contributed by atoms with van der Waals surface area (Å²) in [5.41, 5.74) is 0.667. The van der Waals surface area contributed by atoms with Gasteiger partial charge in [-0.2, -0.15) is 0 Å². The van der Waals surface area contributed by atoms with E-state index in [0.717, 1.165) is 18.6 Å². The van der Waals surface area contributed by atoms with Crippen LogP contribution in [0.25, 0.3) is 0 Å². The van der Waals surface area contributed by atoms with Gasteiger partial charge in [-0.05, 0) is 29.8 Å². The van der Waals surface area contributed by atoms with Gasteiger partial charge < -0.3 is 14.8 Å². The van der Waals surface area contributed by atoms with Crippen LogP contribution in [0.1, 0.15) is 12.0 Å². The molecule has 23 heavy (non-hydrogen) atoms. The van der Waals surface area contributed by atoms with Gasteiger partial charge in [-0.15, -0.1) is 0 Å². The maximum absolute atomic E-state index is 13.5. The smallest absolute Gasteiger partial charge is 0.228 e. The predicted octanol–water partition coefficient (Wildman–Crippen LogP) is 3.31. The van der Waals surface area contributed by atoms with Crippen LogP contribution in [-0.2, 0) is 11.2 Å². The fourth-order valence-electron chi connectivity index (χ4n) is 2.29. The Hall–Kier alpha value is -2.63. The first-order chi connectivity index (χ1) is 11.1. The molecule has 120 valence electrons. The van der Waals surface area contributed by atoms with Crippen LogP contribution in [0.15, 0.2) is 36.4 Å². The molecule has 0 saturated carbocycles. The zero-order chi connectivity index (χ0) is 16.2. The van der Waals surface area contributed by atoms with Crippen molar-refractivity contribution >= 4 is 11.6 Å². The molecule has 6 heteroatoms. The molecule has 1 N–H and O–H groups in total. The van der Waals surface area contributed by atoms with Gasteiger partial charge in [0.05, 0.1) is 25.3 Å². The van der Waals surface area contributed by atoms with E-state index in [1.807, 2.05) is 0 Å².